The second-order valence-electron chi connectivity index (χ2n) is 5.09. The van der Waals surface area contributed by atoms with E-state index in [-0.39, 0.29) is 17.1 Å². The Morgan fingerprint density at radius 3 is 2.90 bits per heavy atom. The van der Waals surface area contributed by atoms with Crippen LogP contribution in [0.3, 0.4) is 0 Å². The summed E-state index contributed by atoms with van der Waals surface area (Å²) in [7, 11) is 1.70. The van der Waals surface area contributed by atoms with Crippen molar-refractivity contribution in [1.29, 1.82) is 0 Å². The maximum absolute atomic E-state index is 12.1. The summed E-state index contributed by atoms with van der Waals surface area (Å²) in [5, 5.41) is 4.65. The van der Waals surface area contributed by atoms with Crippen LogP contribution in [-0.2, 0) is 4.79 Å². The van der Waals surface area contributed by atoms with Crippen molar-refractivity contribution in [2.24, 2.45) is 4.99 Å². The van der Waals surface area contributed by atoms with E-state index in [1.807, 2.05) is 12.3 Å². The molecule has 2 atom stereocenters. The molecule has 0 aliphatic carbocycles. The fraction of sp³-hybridized carbons (Fsp3) is 0.333. The summed E-state index contributed by atoms with van der Waals surface area (Å²) in [4.78, 5) is 19.5. The van der Waals surface area contributed by atoms with Crippen LogP contribution in [0, 0.1) is 6.92 Å². The number of nitrogens with zero attached hydrogens (tertiary/aromatic N) is 1. The Labute approximate surface area is 122 Å². The van der Waals surface area contributed by atoms with Gasteiger partial charge in [0.05, 0.1) is 5.25 Å². The zero-order valence-corrected chi connectivity index (χ0v) is 12.5. The lowest BCUT2D eigenvalue weighted by Crippen LogP contribution is -2.27. The van der Waals surface area contributed by atoms with Crippen LogP contribution in [0.2, 0.25) is 0 Å². The van der Waals surface area contributed by atoms with E-state index in [0.29, 0.717) is 5.17 Å². The highest BCUT2D eigenvalue weighted by Gasteiger charge is 2.35. The quantitative estimate of drug-likeness (QED) is 0.892. The number of hydrogen-bond donors (Lipinski definition) is 2. The topological polar surface area (TPSA) is 57.2 Å². The number of fused-ring (bicyclic) bond motifs is 1. The van der Waals surface area contributed by atoms with Crippen LogP contribution >= 0.6 is 11.8 Å². The molecule has 1 fully saturated rings. The minimum atomic E-state index is -0.118. The molecule has 3 rings (SSSR count). The number of nitrogens with one attached hydrogen (secondary N) is 2. The molecule has 2 aromatic rings. The normalized spacial score (nSPS) is 22.4. The second-order valence-corrected chi connectivity index (χ2v) is 6.22. The number of amides is 1. The van der Waals surface area contributed by atoms with Crippen molar-refractivity contribution in [3.05, 3.63) is 35.5 Å². The highest BCUT2D eigenvalue weighted by atomic mass is 32.2. The van der Waals surface area contributed by atoms with Crippen molar-refractivity contribution in [2.75, 3.05) is 7.05 Å². The van der Waals surface area contributed by atoms with Gasteiger partial charge in [-0.3, -0.25) is 9.79 Å². The molecule has 1 aromatic heterocycles. The molecular formula is C15H17N3OS. The van der Waals surface area contributed by atoms with E-state index >= 15 is 0 Å². The molecule has 20 heavy (non-hydrogen) atoms. The molecule has 2 N–H and O–H groups in total. The van der Waals surface area contributed by atoms with Crippen LogP contribution in [0.15, 0.2) is 29.4 Å². The van der Waals surface area contributed by atoms with Gasteiger partial charge in [-0.1, -0.05) is 30.8 Å². The van der Waals surface area contributed by atoms with E-state index in [0.717, 1.165) is 5.52 Å². The summed E-state index contributed by atoms with van der Waals surface area (Å²) >= 11 is 1.51. The molecule has 2 unspecified atom stereocenters. The van der Waals surface area contributed by atoms with Gasteiger partial charge >= 0.3 is 0 Å². The second kappa shape index (κ2) is 4.98. The van der Waals surface area contributed by atoms with Crippen molar-refractivity contribution >= 4 is 33.7 Å². The van der Waals surface area contributed by atoms with Crippen LogP contribution in [0.5, 0.6) is 0 Å². The van der Waals surface area contributed by atoms with Crippen LogP contribution < -0.4 is 5.32 Å². The molecule has 2 heterocycles. The molecule has 1 aromatic carbocycles. The summed E-state index contributed by atoms with van der Waals surface area (Å²) in [6.45, 7) is 4.21. The van der Waals surface area contributed by atoms with Crippen molar-refractivity contribution < 1.29 is 4.79 Å². The van der Waals surface area contributed by atoms with Gasteiger partial charge in [0, 0.05) is 30.1 Å². The van der Waals surface area contributed by atoms with Crippen LogP contribution in [0.4, 0.5) is 0 Å². The monoisotopic (exact) mass is 287 g/mol. The fourth-order valence-corrected chi connectivity index (χ4v) is 3.76. The summed E-state index contributed by atoms with van der Waals surface area (Å²) < 4.78 is 0. The highest BCUT2D eigenvalue weighted by molar-refractivity contribution is 8.15. The van der Waals surface area contributed by atoms with Gasteiger partial charge in [-0.2, -0.15) is 0 Å². The van der Waals surface area contributed by atoms with E-state index in [1.165, 1.54) is 28.3 Å². The molecule has 4 nitrogen and oxygen atoms in total. The molecule has 1 saturated heterocycles. The molecule has 0 saturated carbocycles. The minimum Gasteiger partial charge on any atom is -0.361 e. The lowest BCUT2D eigenvalue weighted by atomic mass is 9.94. The van der Waals surface area contributed by atoms with Gasteiger partial charge in [0.25, 0.3) is 0 Å². The van der Waals surface area contributed by atoms with Gasteiger partial charge in [0.2, 0.25) is 5.91 Å². The predicted molar refractivity (Wildman–Crippen MR) is 84.3 cm³/mol. The van der Waals surface area contributed by atoms with Crippen LogP contribution in [-0.4, -0.2) is 28.4 Å². The number of aryl methyl sites for hydroxylation is 1. The average Bonchev–Trinajstić information content (AvgIpc) is 3.02. The number of carbonyl (C=O) groups is 1. The first-order valence-electron chi connectivity index (χ1n) is 6.62. The Bertz CT molecular complexity index is 704. The smallest absolute Gasteiger partial charge is 0.240 e. The fourth-order valence-electron chi connectivity index (χ4n) is 2.74. The summed E-state index contributed by atoms with van der Waals surface area (Å²) in [5.74, 6) is 0.181. The Morgan fingerprint density at radius 2 is 2.20 bits per heavy atom. The molecule has 0 spiro atoms. The Balaban J connectivity index is 2.01. The highest BCUT2D eigenvalue weighted by Crippen LogP contribution is 2.36. The minimum absolute atomic E-state index is 0.0473. The number of rotatable bonds is 2. The van der Waals surface area contributed by atoms with Crippen molar-refractivity contribution in [3.63, 3.8) is 0 Å². The number of aromatic amines is 1. The third-order valence-corrected chi connectivity index (χ3v) is 5.20. The predicted octanol–water partition coefficient (Wildman–Crippen LogP) is 2.80. The standard InChI is InChI=1S/C15H17N3OS/c1-8-5-4-6-11-12(8)10(7-17-11)9(2)13-14(19)18-15(16-3)20-13/h4-7,9,13,17H,1-3H3,(H,16,18,19). The Hall–Kier alpha value is -1.75. The largest absolute Gasteiger partial charge is 0.361 e. The van der Waals surface area contributed by atoms with Gasteiger partial charge in [-0.15, -0.1) is 0 Å². The maximum atomic E-state index is 12.1. The van der Waals surface area contributed by atoms with E-state index < -0.39 is 0 Å². The third kappa shape index (κ3) is 2.02. The number of amidine groups is 1. The summed E-state index contributed by atoms with van der Waals surface area (Å²) in [6, 6.07) is 6.22. The molecule has 104 valence electrons. The van der Waals surface area contributed by atoms with E-state index in [4.69, 9.17) is 0 Å². The SMILES string of the molecule is CN=C1NC(=O)C(C(C)c2c[nH]c3cccc(C)c23)S1. The van der Waals surface area contributed by atoms with Crippen LogP contribution in [0.25, 0.3) is 10.9 Å². The van der Waals surface area contributed by atoms with Gasteiger partial charge < -0.3 is 10.3 Å². The number of thioether (sulfide) groups is 1. The van der Waals surface area contributed by atoms with Gasteiger partial charge in [-0.05, 0) is 24.1 Å². The van der Waals surface area contributed by atoms with Crippen molar-refractivity contribution in [3.8, 4) is 0 Å². The number of H-pyrrole nitrogens is 1. The zero-order chi connectivity index (χ0) is 14.3. The molecule has 0 radical (unpaired) electrons. The Kier molecular flexibility index (Phi) is 3.30. The van der Waals surface area contributed by atoms with Crippen molar-refractivity contribution in [1.82, 2.24) is 10.3 Å². The molecule has 1 aliphatic heterocycles. The number of benzene rings is 1. The maximum Gasteiger partial charge on any atom is 0.240 e. The lowest BCUT2D eigenvalue weighted by molar-refractivity contribution is -0.119. The van der Waals surface area contributed by atoms with E-state index in [2.05, 4.69) is 41.3 Å². The average molecular weight is 287 g/mol. The van der Waals surface area contributed by atoms with Gasteiger partial charge in [0.1, 0.15) is 0 Å². The van der Waals surface area contributed by atoms with Gasteiger partial charge in [-0.25, -0.2) is 0 Å². The van der Waals surface area contributed by atoms with Gasteiger partial charge in [0.15, 0.2) is 5.17 Å². The van der Waals surface area contributed by atoms with E-state index in [1.54, 1.807) is 7.05 Å². The number of hydrogen-bond acceptors (Lipinski definition) is 3. The summed E-state index contributed by atoms with van der Waals surface area (Å²) in [5.41, 5.74) is 3.56. The first kappa shape index (κ1) is 13.2. The Morgan fingerprint density at radius 1 is 1.40 bits per heavy atom. The first-order valence-corrected chi connectivity index (χ1v) is 7.50. The van der Waals surface area contributed by atoms with Crippen LogP contribution in [0.1, 0.15) is 24.0 Å². The molecule has 1 amide bonds. The molecule has 0 bridgehead atoms. The number of aliphatic imine (C=N–C) groups is 1. The zero-order valence-electron chi connectivity index (χ0n) is 11.7. The summed E-state index contributed by atoms with van der Waals surface area (Å²) in [6.07, 6.45) is 2.03. The molecule has 1 aliphatic rings. The molecule has 5 heteroatoms. The number of carbonyl (C=O) groups excluding carboxylic acids is 1. The molecular weight excluding hydrogens is 270 g/mol. The van der Waals surface area contributed by atoms with E-state index in [9.17, 15) is 4.79 Å². The third-order valence-electron chi connectivity index (χ3n) is 3.82. The lowest BCUT2D eigenvalue weighted by Gasteiger charge is -2.15. The number of aromatic nitrogens is 1. The van der Waals surface area contributed by atoms with Crippen molar-refractivity contribution in [2.45, 2.75) is 25.0 Å². The first-order chi connectivity index (χ1) is 9.61.